The quantitative estimate of drug-likeness (QED) is 0.211. The highest BCUT2D eigenvalue weighted by atomic mass is 32.2. The maximum Gasteiger partial charge on any atom is 0.261 e. The minimum Gasteiger partial charge on any atom is -0.497 e. The zero-order valence-corrected chi connectivity index (χ0v) is 24.6. The first-order valence-corrected chi connectivity index (χ1v) is 15.9. The summed E-state index contributed by atoms with van der Waals surface area (Å²) >= 11 is 0. The van der Waals surface area contributed by atoms with Crippen LogP contribution in [0.1, 0.15) is 36.2 Å². The van der Waals surface area contributed by atoms with E-state index in [4.69, 9.17) is 14.8 Å². The van der Waals surface area contributed by atoms with E-state index in [1.54, 1.807) is 31.4 Å². The lowest BCUT2D eigenvalue weighted by atomic mass is 10.1. The van der Waals surface area contributed by atoms with Crippen LogP contribution in [0, 0.1) is 0 Å². The van der Waals surface area contributed by atoms with Crippen molar-refractivity contribution >= 4 is 21.4 Å². The highest BCUT2D eigenvalue weighted by Gasteiger charge is 2.15. The van der Waals surface area contributed by atoms with Gasteiger partial charge in [-0.05, 0) is 105 Å². The average molecular weight is 582 g/mol. The van der Waals surface area contributed by atoms with Crippen LogP contribution in [0.15, 0.2) is 95.9 Å². The normalized spacial score (nSPS) is 13.9. The molecule has 42 heavy (non-hydrogen) atoms. The van der Waals surface area contributed by atoms with Crippen LogP contribution in [-0.2, 0) is 22.9 Å². The topological polar surface area (TPSA) is 88.8 Å². The van der Waals surface area contributed by atoms with E-state index in [1.807, 2.05) is 34.8 Å². The number of aryl methyl sites for hydroxylation is 1. The minimum atomic E-state index is -3.72. The molecular weight excluding hydrogens is 546 g/mol. The van der Waals surface area contributed by atoms with Gasteiger partial charge in [0.1, 0.15) is 5.75 Å². The Kier molecular flexibility index (Phi) is 8.21. The monoisotopic (exact) mass is 581 g/mol. The molecule has 0 atom stereocenters. The van der Waals surface area contributed by atoms with E-state index >= 15 is 0 Å². The van der Waals surface area contributed by atoms with E-state index in [-0.39, 0.29) is 4.90 Å². The molecule has 8 nitrogen and oxygen atoms in total. The molecule has 0 radical (unpaired) electrons. The maximum atomic E-state index is 12.8. The third-order valence-corrected chi connectivity index (χ3v) is 9.13. The van der Waals surface area contributed by atoms with Crippen molar-refractivity contribution in [2.75, 3.05) is 31.5 Å². The third kappa shape index (κ3) is 6.48. The number of pyridine rings is 1. The number of methoxy groups -OCH3 is 1. The lowest BCUT2D eigenvalue weighted by molar-refractivity contribution is 0.334. The molecule has 0 aliphatic carbocycles. The number of rotatable bonds is 11. The smallest absolute Gasteiger partial charge is 0.261 e. The van der Waals surface area contributed by atoms with Crippen LogP contribution in [0.25, 0.3) is 16.9 Å². The van der Waals surface area contributed by atoms with Gasteiger partial charge in [-0.2, -0.15) is 5.10 Å². The Balaban J connectivity index is 1.12. The molecule has 0 unspecified atom stereocenters. The van der Waals surface area contributed by atoms with Gasteiger partial charge in [-0.25, -0.2) is 17.9 Å². The number of aromatic nitrogens is 3. The highest BCUT2D eigenvalue weighted by molar-refractivity contribution is 7.92. The molecule has 0 amide bonds. The number of ether oxygens (including phenoxy) is 1. The fourth-order valence-electron chi connectivity index (χ4n) is 5.44. The second-order valence-electron chi connectivity index (χ2n) is 10.7. The molecule has 1 aliphatic rings. The van der Waals surface area contributed by atoms with Crippen molar-refractivity contribution in [1.29, 1.82) is 0 Å². The van der Waals surface area contributed by atoms with Crippen LogP contribution < -0.4 is 9.46 Å². The van der Waals surface area contributed by atoms with E-state index in [1.165, 1.54) is 62.2 Å². The second kappa shape index (κ2) is 12.3. The molecule has 5 aromatic rings. The molecule has 2 aromatic heterocycles. The van der Waals surface area contributed by atoms with Gasteiger partial charge in [0.15, 0.2) is 11.5 Å². The van der Waals surface area contributed by atoms with E-state index < -0.39 is 10.0 Å². The number of anilines is 1. The third-order valence-electron chi connectivity index (χ3n) is 7.73. The summed E-state index contributed by atoms with van der Waals surface area (Å²) in [5.74, 6) is 1.35. The molecule has 216 valence electrons. The summed E-state index contributed by atoms with van der Waals surface area (Å²) in [6, 6.07) is 28.2. The van der Waals surface area contributed by atoms with E-state index in [2.05, 4.69) is 33.9 Å². The van der Waals surface area contributed by atoms with Gasteiger partial charge in [0, 0.05) is 17.7 Å². The Bertz CT molecular complexity index is 1740. The molecule has 3 aromatic carbocycles. The summed E-state index contributed by atoms with van der Waals surface area (Å²) in [5, 5.41) is 4.81. The van der Waals surface area contributed by atoms with Gasteiger partial charge in [-0.1, -0.05) is 42.5 Å². The van der Waals surface area contributed by atoms with Crippen LogP contribution in [0.5, 0.6) is 5.75 Å². The molecule has 0 spiro atoms. The molecule has 6 rings (SSSR count). The van der Waals surface area contributed by atoms with E-state index in [9.17, 15) is 8.42 Å². The zero-order chi connectivity index (χ0) is 28.9. The highest BCUT2D eigenvalue weighted by Crippen LogP contribution is 2.25. The number of hydrogen-bond donors (Lipinski definition) is 1. The first-order valence-electron chi connectivity index (χ1n) is 14.4. The Morgan fingerprint density at radius 3 is 2.29 bits per heavy atom. The average Bonchev–Trinajstić information content (AvgIpc) is 3.68. The lowest BCUT2D eigenvalue weighted by Crippen LogP contribution is -2.20. The van der Waals surface area contributed by atoms with Gasteiger partial charge in [-0.15, -0.1) is 0 Å². The largest absolute Gasteiger partial charge is 0.497 e. The molecular formula is C33H35N5O3S. The van der Waals surface area contributed by atoms with Crippen LogP contribution in [0.2, 0.25) is 0 Å². The van der Waals surface area contributed by atoms with Crippen molar-refractivity contribution in [3.05, 3.63) is 108 Å². The predicted octanol–water partition coefficient (Wildman–Crippen LogP) is 5.82. The summed E-state index contributed by atoms with van der Waals surface area (Å²) in [6.07, 6.45) is 5.65. The SMILES string of the molecule is COc1ccc(S(=O)(=O)Nc2ccc(-c3cccc4nc(Cc5ccc(CCCN6CCCC6)cc5)nn34)cc2)cc1. The molecule has 1 aliphatic heterocycles. The standard InChI is InChI=1S/C33H35N5O3S/c1-41-29-17-19-30(20-18-29)42(39,40)36-28-15-13-27(14-16-28)31-7-4-8-33-34-32(35-38(31)33)24-26-11-9-25(10-12-26)6-5-23-37-21-2-3-22-37/h4,7-20,36H,2-3,5-6,21-24H2,1H3. The van der Waals surface area contributed by atoms with Crippen molar-refractivity contribution in [1.82, 2.24) is 19.5 Å². The van der Waals surface area contributed by atoms with Crippen molar-refractivity contribution in [2.45, 2.75) is 37.0 Å². The number of fused-ring (bicyclic) bond motifs is 1. The molecule has 1 fully saturated rings. The fourth-order valence-corrected chi connectivity index (χ4v) is 6.50. The Morgan fingerprint density at radius 1 is 0.857 bits per heavy atom. The predicted molar refractivity (Wildman–Crippen MR) is 165 cm³/mol. The number of nitrogens with zero attached hydrogens (tertiary/aromatic N) is 4. The second-order valence-corrected chi connectivity index (χ2v) is 12.4. The van der Waals surface area contributed by atoms with Gasteiger partial charge in [0.05, 0.1) is 17.7 Å². The maximum absolute atomic E-state index is 12.8. The molecule has 9 heteroatoms. The summed E-state index contributed by atoms with van der Waals surface area (Å²) < 4.78 is 35.2. The Labute approximate surface area is 247 Å². The zero-order valence-electron chi connectivity index (χ0n) is 23.7. The van der Waals surface area contributed by atoms with Crippen molar-refractivity contribution in [2.24, 2.45) is 0 Å². The number of sulfonamides is 1. The molecule has 0 saturated carbocycles. The number of hydrogen-bond acceptors (Lipinski definition) is 6. The summed E-state index contributed by atoms with van der Waals surface area (Å²) in [4.78, 5) is 7.50. The number of benzene rings is 3. The van der Waals surface area contributed by atoms with Crippen LogP contribution in [0.3, 0.4) is 0 Å². The Hall–Kier alpha value is -4.21. The van der Waals surface area contributed by atoms with Crippen molar-refractivity contribution in [3.63, 3.8) is 0 Å². The number of likely N-dealkylation sites (tertiary alicyclic amines) is 1. The van der Waals surface area contributed by atoms with Crippen LogP contribution in [0.4, 0.5) is 5.69 Å². The molecule has 3 heterocycles. The van der Waals surface area contributed by atoms with Gasteiger partial charge in [-0.3, -0.25) is 4.72 Å². The van der Waals surface area contributed by atoms with Gasteiger partial charge in [0.25, 0.3) is 10.0 Å². The van der Waals surface area contributed by atoms with E-state index in [0.717, 1.165) is 29.1 Å². The van der Waals surface area contributed by atoms with Crippen LogP contribution in [-0.4, -0.2) is 54.7 Å². The molecule has 1 N–H and O–H groups in total. The summed E-state index contributed by atoms with van der Waals surface area (Å²) in [7, 11) is -2.18. The molecule has 0 bridgehead atoms. The van der Waals surface area contributed by atoms with Gasteiger partial charge < -0.3 is 9.64 Å². The summed E-state index contributed by atoms with van der Waals surface area (Å²) in [6.45, 7) is 3.70. The lowest BCUT2D eigenvalue weighted by Gasteiger charge is -2.13. The van der Waals surface area contributed by atoms with Crippen molar-refractivity contribution < 1.29 is 13.2 Å². The minimum absolute atomic E-state index is 0.166. The molecule has 1 saturated heterocycles. The first kappa shape index (κ1) is 27.9. The first-order chi connectivity index (χ1) is 20.5. The van der Waals surface area contributed by atoms with Gasteiger partial charge in [0.2, 0.25) is 0 Å². The van der Waals surface area contributed by atoms with Crippen LogP contribution >= 0.6 is 0 Å². The van der Waals surface area contributed by atoms with Gasteiger partial charge >= 0.3 is 0 Å². The Morgan fingerprint density at radius 2 is 1.57 bits per heavy atom. The fraction of sp³-hybridized carbons (Fsp3) is 0.273. The summed E-state index contributed by atoms with van der Waals surface area (Å²) in [5.41, 5.74) is 5.58. The van der Waals surface area contributed by atoms with E-state index in [0.29, 0.717) is 17.9 Å². The van der Waals surface area contributed by atoms with Crippen molar-refractivity contribution in [3.8, 4) is 17.0 Å². The number of nitrogens with one attached hydrogen (secondary N) is 1.